The first kappa shape index (κ1) is 26.9. The SMILES string of the molecule is CCC(C)C(C#N)(CCCC(CC1Oc2ccccc2O1)[N+](=O)[O-])c1ccc(OC)c(OC)c1OC. The lowest BCUT2D eigenvalue weighted by Crippen LogP contribution is -2.34. The topological polar surface area (TPSA) is 113 Å². The monoisotopic (exact) mass is 498 g/mol. The van der Waals surface area contributed by atoms with Gasteiger partial charge >= 0.3 is 0 Å². The molecule has 0 aliphatic carbocycles. The molecule has 2 aromatic carbocycles. The van der Waals surface area contributed by atoms with Gasteiger partial charge in [-0.1, -0.05) is 32.4 Å². The lowest BCUT2D eigenvalue weighted by atomic mass is 9.67. The molecule has 3 atom stereocenters. The van der Waals surface area contributed by atoms with Gasteiger partial charge in [-0.2, -0.15) is 5.26 Å². The second-order valence-electron chi connectivity index (χ2n) is 8.95. The van der Waals surface area contributed by atoms with E-state index in [-0.39, 0.29) is 23.7 Å². The number of para-hydroxylation sites is 2. The van der Waals surface area contributed by atoms with E-state index >= 15 is 0 Å². The summed E-state index contributed by atoms with van der Waals surface area (Å²) in [6.07, 6.45) is 1.30. The van der Waals surface area contributed by atoms with Gasteiger partial charge in [-0.05, 0) is 43.0 Å². The van der Waals surface area contributed by atoms with Crippen LogP contribution in [0.5, 0.6) is 28.7 Å². The van der Waals surface area contributed by atoms with Gasteiger partial charge in [-0.3, -0.25) is 10.1 Å². The first-order valence-corrected chi connectivity index (χ1v) is 12.1. The molecule has 9 heteroatoms. The first-order chi connectivity index (χ1) is 17.3. The molecule has 3 unspecified atom stereocenters. The van der Waals surface area contributed by atoms with Gasteiger partial charge in [0.05, 0.1) is 39.2 Å². The molecule has 194 valence electrons. The zero-order valence-corrected chi connectivity index (χ0v) is 21.5. The number of hydrogen-bond donors (Lipinski definition) is 0. The Morgan fingerprint density at radius 1 is 1.08 bits per heavy atom. The van der Waals surface area contributed by atoms with Crippen LogP contribution in [0.2, 0.25) is 0 Å². The number of nitrogens with zero attached hydrogens (tertiary/aromatic N) is 2. The highest BCUT2D eigenvalue weighted by Crippen LogP contribution is 2.49. The molecular formula is C27H34N2O7. The predicted octanol–water partition coefficient (Wildman–Crippen LogP) is 5.52. The molecule has 0 spiro atoms. The number of rotatable bonds is 13. The third-order valence-electron chi connectivity index (χ3n) is 7.08. The standard InChI is InChI=1S/C27H34N2O7/c1-6-18(2)27(17-28,20-13-14-23(32-3)26(34-5)25(20)33-4)15-9-10-19(29(30)31)16-24-35-21-11-7-8-12-22(21)36-24/h7-8,11-14,18-19,24H,6,9-10,15-16H2,1-5H3. The summed E-state index contributed by atoms with van der Waals surface area (Å²) >= 11 is 0. The maximum atomic E-state index is 11.9. The van der Waals surface area contributed by atoms with Gasteiger partial charge in [0.1, 0.15) is 0 Å². The summed E-state index contributed by atoms with van der Waals surface area (Å²) in [5.74, 6) is 2.49. The van der Waals surface area contributed by atoms with Crippen molar-refractivity contribution in [2.75, 3.05) is 21.3 Å². The molecular weight excluding hydrogens is 464 g/mol. The molecule has 0 N–H and O–H groups in total. The van der Waals surface area contributed by atoms with Crippen molar-refractivity contribution in [2.24, 2.45) is 5.92 Å². The van der Waals surface area contributed by atoms with E-state index in [1.54, 1.807) is 18.2 Å². The molecule has 9 nitrogen and oxygen atoms in total. The largest absolute Gasteiger partial charge is 0.493 e. The number of hydrogen-bond acceptors (Lipinski definition) is 8. The second-order valence-corrected chi connectivity index (χ2v) is 8.95. The number of methoxy groups -OCH3 is 3. The summed E-state index contributed by atoms with van der Waals surface area (Å²) < 4.78 is 28.1. The highest BCUT2D eigenvalue weighted by atomic mass is 16.7. The zero-order chi connectivity index (χ0) is 26.3. The highest BCUT2D eigenvalue weighted by molar-refractivity contribution is 5.59. The van der Waals surface area contributed by atoms with Gasteiger partial charge in [-0.15, -0.1) is 0 Å². The molecule has 0 saturated carbocycles. The van der Waals surface area contributed by atoms with Crippen LogP contribution in [0, 0.1) is 27.4 Å². The van der Waals surface area contributed by atoms with E-state index in [4.69, 9.17) is 23.7 Å². The predicted molar refractivity (Wildman–Crippen MR) is 134 cm³/mol. The Hall–Kier alpha value is -3.67. The van der Waals surface area contributed by atoms with Crippen molar-refractivity contribution in [1.82, 2.24) is 0 Å². The van der Waals surface area contributed by atoms with E-state index in [9.17, 15) is 15.4 Å². The minimum atomic E-state index is -0.933. The summed E-state index contributed by atoms with van der Waals surface area (Å²) in [5.41, 5.74) is -0.243. The maximum Gasteiger partial charge on any atom is 0.248 e. The fourth-order valence-corrected chi connectivity index (χ4v) is 4.87. The first-order valence-electron chi connectivity index (χ1n) is 12.1. The van der Waals surface area contributed by atoms with Crippen molar-refractivity contribution in [1.29, 1.82) is 5.26 Å². The van der Waals surface area contributed by atoms with Gasteiger partial charge in [0.25, 0.3) is 0 Å². The Balaban J connectivity index is 1.81. The molecule has 0 radical (unpaired) electrons. The normalized spacial score (nSPS) is 15.9. The van der Waals surface area contributed by atoms with Crippen LogP contribution in [-0.2, 0) is 5.41 Å². The van der Waals surface area contributed by atoms with E-state index < -0.39 is 17.7 Å². The number of fused-ring (bicyclic) bond motifs is 1. The molecule has 0 amide bonds. The lowest BCUT2D eigenvalue weighted by Gasteiger charge is -2.35. The van der Waals surface area contributed by atoms with Crippen LogP contribution in [0.15, 0.2) is 36.4 Å². The van der Waals surface area contributed by atoms with Gasteiger partial charge in [0.15, 0.2) is 23.0 Å². The van der Waals surface area contributed by atoms with E-state index in [1.165, 1.54) is 21.3 Å². The third-order valence-corrected chi connectivity index (χ3v) is 7.08. The van der Waals surface area contributed by atoms with Crippen molar-refractivity contribution in [3.8, 4) is 34.8 Å². The maximum absolute atomic E-state index is 11.9. The van der Waals surface area contributed by atoms with Crippen molar-refractivity contribution >= 4 is 0 Å². The van der Waals surface area contributed by atoms with Crippen molar-refractivity contribution in [2.45, 2.75) is 63.7 Å². The summed E-state index contributed by atoms with van der Waals surface area (Å²) in [4.78, 5) is 11.6. The molecule has 2 aromatic rings. The smallest absolute Gasteiger partial charge is 0.248 e. The summed E-state index contributed by atoms with van der Waals surface area (Å²) in [6.45, 7) is 4.04. The molecule has 0 bridgehead atoms. The van der Waals surface area contributed by atoms with Crippen LogP contribution in [0.4, 0.5) is 0 Å². The highest BCUT2D eigenvalue weighted by Gasteiger charge is 2.42. The van der Waals surface area contributed by atoms with E-state index in [0.29, 0.717) is 47.2 Å². The summed E-state index contributed by atoms with van der Waals surface area (Å²) in [6, 6.07) is 12.5. The number of benzene rings is 2. The van der Waals surface area contributed by atoms with Crippen LogP contribution in [-0.4, -0.2) is 38.6 Å². The van der Waals surface area contributed by atoms with E-state index in [1.807, 2.05) is 32.0 Å². The van der Waals surface area contributed by atoms with Crippen LogP contribution in [0.1, 0.15) is 51.5 Å². The molecule has 0 aromatic heterocycles. The molecule has 3 rings (SSSR count). The summed E-state index contributed by atoms with van der Waals surface area (Å²) in [7, 11) is 4.59. The van der Waals surface area contributed by atoms with Gasteiger partial charge in [-0.25, -0.2) is 0 Å². The van der Waals surface area contributed by atoms with E-state index in [0.717, 1.165) is 6.42 Å². The average molecular weight is 499 g/mol. The van der Waals surface area contributed by atoms with Crippen LogP contribution < -0.4 is 23.7 Å². The van der Waals surface area contributed by atoms with Crippen molar-refractivity contribution in [3.05, 3.63) is 52.1 Å². The third kappa shape index (κ3) is 5.27. The number of nitriles is 1. The van der Waals surface area contributed by atoms with Gasteiger partial charge in [0.2, 0.25) is 18.1 Å². The summed E-state index contributed by atoms with van der Waals surface area (Å²) in [5, 5.41) is 22.4. The van der Waals surface area contributed by atoms with Gasteiger partial charge < -0.3 is 23.7 Å². The minimum Gasteiger partial charge on any atom is -0.493 e. The van der Waals surface area contributed by atoms with E-state index in [2.05, 4.69) is 6.07 Å². The fourth-order valence-electron chi connectivity index (χ4n) is 4.87. The molecule has 1 heterocycles. The lowest BCUT2D eigenvalue weighted by molar-refractivity contribution is -0.527. The van der Waals surface area contributed by atoms with Crippen molar-refractivity contribution < 1.29 is 28.6 Å². The molecule has 1 aliphatic rings. The minimum absolute atomic E-state index is 0.0421. The molecule has 36 heavy (non-hydrogen) atoms. The Morgan fingerprint density at radius 2 is 1.72 bits per heavy atom. The zero-order valence-electron chi connectivity index (χ0n) is 21.5. The Morgan fingerprint density at radius 3 is 2.22 bits per heavy atom. The van der Waals surface area contributed by atoms with Crippen LogP contribution in [0.3, 0.4) is 0 Å². The molecule has 1 aliphatic heterocycles. The Kier molecular flexibility index (Phi) is 8.86. The average Bonchev–Trinajstić information content (AvgIpc) is 3.31. The Bertz CT molecular complexity index is 1080. The Labute approximate surface area is 212 Å². The van der Waals surface area contributed by atoms with Crippen molar-refractivity contribution in [3.63, 3.8) is 0 Å². The quantitative estimate of drug-likeness (QED) is 0.262. The van der Waals surface area contributed by atoms with Crippen LogP contribution >= 0.6 is 0 Å². The van der Waals surface area contributed by atoms with Crippen LogP contribution in [0.25, 0.3) is 0 Å². The molecule has 0 fully saturated rings. The number of ether oxygens (including phenoxy) is 5. The van der Waals surface area contributed by atoms with Gasteiger partial charge in [0, 0.05) is 16.9 Å². The fraction of sp³-hybridized carbons (Fsp3) is 0.519. The second kappa shape index (κ2) is 11.8. The molecule has 0 saturated heterocycles. The number of nitro groups is 1.